The zero-order valence-electron chi connectivity index (χ0n) is 20.2. The number of rotatable bonds is 4. The van der Waals surface area contributed by atoms with E-state index in [0.717, 1.165) is 51.8 Å². The number of ether oxygens (including phenoxy) is 1. The van der Waals surface area contributed by atoms with Gasteiger partial charge < -0.3 is 15.0 Å². The number of thiazole rings is 1. The van der Waals surface area contributed by atoms with E-state index in [0.29, 0.717) is 13.1 Å². The standard InChI is InChI=1S/C26H31N5O2S/c1-26(2,3)28-24(32)30-14-12-29(13-15-30)17-21-23(18-8-6-5-7-9-18)27-25-31(21)20-11-10-19(33-4)16-22(20)34-25/h5-11,16H,12-15,17H2,1-4H3,(H,28,32). The smallest absolute Gasteiger partial charge is 0.317 e. The normalized spacial score (nSPS) is 15.2. The summed E-state index contributed by atoms with van der Waals surface area (Å²) < 4.78 is 8.88. The fraction of sp³-hybridized carbons (Fsp3) is 0.385. The first-order valence-corrected chi connectivity index (χ1v) is 12.5. The summed E-state index contributed by atoms with van der Waals surface area (Å²) in [6.07, 6.45) is 0. The van der Waals surface area contributed by atoms with E-state index >= 15 is 0 Å². The molecule has 0 spiro atoms. The van der Waals surface area contributed by atoms with Gasteiger partial charge >= 0.3 is 6.03 Å². The number of methoxy groups -OCH3 is 1. The lowest BCUT2D eigenvalue weighted by Gasteiger charge is -2.36. The van der Waals surface area contributed by atoms with Crippen molar-refractivity contribution < 1.29 is 9.53 Å². The molecule has 0 bridgehead atoms. The molecule has 1 aliphatic heterocycles. The van der Waals surface area contributed by atoms with E-state index in [1.54, 1.807) is 18.4 Å². The number of aromatic nitrogens is 2. The molecule has 0 saturated carbocycles. The van der Waals surface area contributed by atoms with Gasteiger partial charge in [0.1, 0.15) is 5.75 Å². The first-order chi connectivity index (χ1) is 16.3. The Labute approximate surface area is 204 Å². The topological polar surface area (TPSA) is 62.1 Å². The number of carbonyl (C=O) groups excluding carboxylic acids is 1. The summed E-state index contributed by atoms with van der Waals surface area (Å²) in [6, 6.07) is 16.6. The molecule has 1 aliphatic rings. The quantitative estimate of drug-likeness (QED) is 0.456. The van der Waals surface area contributed by atoms with Crippen molar-refractivity contribution >= 4 is 32.5 Å². The number of hydrogen-bond acceptors (Lipinski definition) is 5. The predicted octanol–water partition coefficient (Wildman–Crippen LogP) is 4.85. The van der Waals surface area contributed by atoms with Crippen LogP contribution < -0.4 is 10.1 Å². The van der Waals surface area contributed by atoms with Crippen LogP contribution in [-0.4, -0.2) is 64.0 Å². The Morgan fingerprint density at radius 1 is 1.09 bits per heavy atom. The minimum absolute atomic E-state index is 0.0154. The van der Waals surface area contributed by atoms with Crippen molar-refractivity contribution in [2.45, 2.75) is 32.9 Å². The highest BCUT2D eigenvalue weighted by atomic mass is 32.1. The molecule has 8 heteroatoms. The molecule has 3 heterocycles. The summed E-state index contributed by atoms with van der Waals surface area (Å²) in [5, 5.41) is 3.08. The summed E-state index contributed by atoms with van der Waals surface area (Å²) in [7, 11) is 1.69. The van der Waals surface area contributed by atoms with Gasteiger partial charge in [0.05, 0.1) is 28.7 Å². The fourth-order valence-electron chi connectivity index (χ4n) is 4.43. The molecule has 0 unspecified atom stereocenters. The molecule has 178 valence electrons. The Morgan fingerprint density at radius 3 is 2.50 bits per heavy atom. The number of amides is 2. The van der Waals surface area contributed by atoms with Crippen molar-refractivity contribution in [2.75, 3.05) is 33.3 Å². The Balaban J connectivity index is 1.45. The number of fused-ring (bicyclic) bond motifs is 3. The third-order valence-corrected chi connectivity index (χ3v) is 7.12. The molecular weight excluding hydrogens is 446 g/mol. The Kier molecular flexibility index (Phi) is 5.95. The summed E-state index contributed by atoms with van der Waals surface area (Å²) in [6.45, 7) is 9.90. The average molecular weight is 478 g/mol. The fourth-order valence-corrected chi connectivity index (χ4v) is 5.50. The molecule has 1 fully saturated rings. The molecule has 2 amide bonds. The molecule has 2 aromatic heterocycles. The van der Waals surface area contributed by atoms with E-state index in [1.165, 1.54) is 5.69 Å². The zero-order valence-corrected chi connectivity index (χ0v) is 21.0. The molecule has 2 aromatic carbocycles. The molecule has 4 aromatic rings. The third kappa shape index (κ3) is 4.48. The van der Waals surface area contributed by atoms with Gasteiger partial charge in [0.2, 0.25) is 0 Å². The highest BCUT2D eigenvalue weighted by molar-refractivity contribution is 7.23. The van der Waals surface area contributed by atoms with E-state index in [2.05, 4.69) is 51.0 Å². The first-order valence-electron chi connectivity index (χ1n) is 11.6. The van der Waals surface area contributed by atoms with Crippen LogP contribution in [0.2, 0.25) is 0 Å². The molecule has 1 N–H and O–H groups in total. The van der Waals surface area contributed by atoms with Crippen LogP contribution in [0.15, 0.2) is 48.5 Å². The lowest BCUT2D eigenvalue weighted by atomic mass is 10.1. The van der Waals surface area contributed by atoms with Crippen LogP contribution in [0, 0.1) is 0 Å². The second kappa shape index (κ2) is 8.92. The molecule has 7 nitrogen and oxygen atoms in total. The Hall–Kier alpha value is -3.10. The van der Waals surface area contributed by atoms with Crippen molar-refractivity contribution in [3.63, 3.8) is 0 Å². The van der Waals surface area contributed by atoms with Crippen LogP contribution >= 0.6 is 11.3 Å². The summed E-state index contributed by atoms with van der Waals surface area (Å²) in [5.74, 6) is 0.853. The van der Waals surface area contributed by atoms with E-state index in [4.69, 9.17) is 9.72 Å². The predicted molar refractivity (Wildman–Crippen MR) is 138 cm³/mol. The number of benzene rings is 2. The first kappa shape index (κ1) is 22.7. The number of urea groups is 1. The zero-order chi connectivity index (χ0) is 23.9. The van der Waals surface area contributed by atoms with Gasteiger partial charge in [0, 0.05) is 43.8 Å². The number of hydrogen-bond donors (Lipinski definition) is 1. The Morgan fingerprint density at radius 2 is 1.82 bits per heavy atom. The van der Waals surface area contributed by atoms with Gasteiger partial charge in [-0.1, -0.05) is 41.7 Å². The molecule has 0 radical (unpaired) electrons. The molecule has 34 heavy (non-hydrogen) atoms. The summed E-state index contributed by atoms with van der Waals surface area (Å²) >= 11 is 1.68. The van der Waals surface area contributed by atoms with Gasteiger partial charge in [-0.2, -0.15) is 0 Å². The van der Waals surface area contributed by atoms with Gasteiger partial charge in [0.15, 0.2) is 4.96 Å². The monoisotopic (exact) mass is 477 g/mol. The highest BCUT2D eigenvalue weighted by Gasteiger charge is 2.26. The van der Waals surface area contributed by atoms with E-state index in [9.17, 15) is 4.79 Å². The lowest BCUT2D eigenvalue weighted by molar-refractivity contribution is 0.130. The summed E-state index contributed by atoms with van der Waals surface area (Å²) in [5.41, 5.74) is 4.25. The molecule has 5 rings (SSSR count). The minimum atomic E-state index is -0.231. The minimum Gasteiger partial charge on any atom is -0.497 e. The van der Waals surface area contributed by atoms with Gasteiger partial charge in [-0.05, 0) is 39.0 Å². The second-order valence-electron chi connectivity index (χ2n) is 9.77. The Bertz CT molecular complexity index is 1310. The summed E-state index contributed by atoms with van der Waals surface area (Å²) in [4.78, 5) is 23.0. The van der Waals surface area contributed by atoms with E-state index < -0.39 is 0 Å². The van der Waals surface area contributed by atoms with Crippen LogP contribution in [0.1, 0.15) is 26.5 Å². The maximum Gasteiger partial charge on any atom is 0.317 e. The van der Waals surface area contributed by atoms with Gasteiger partial charge in [-0.3, -0.25) is 9.30 Å². The van der Waals surface area contributed by atoms with Crippen molar-refractivity contribution in [3.05, 3.63) is 54.2 Å². The van der Waals surface area contributed by atoms with Crippen molar-refractivity contribution in [2.24, 2.45) is 0 Å². The van der Waals surface area contributed by atoms with E-state index in [-0.39, 0.29) is 11.6 Å². The lowest BCUT2D eigenvalue weighted by Crippen LogP contribution is -2.54. The highest BCUT2D eigenvalue weighted by Crippen LogP contribution is 2.35. The molecule has 1 saturated heterocycles. The molecule has 0 atom stereocenters. The van der Waals surface area contributed by atoms with Crippen molar-refractivity contribution in [3.8, 4) is 17.0 Å². The van der Waals surface area contributed by atoms with Gasteiger partial charge in [-0.15, -0.1) is 0 Å². The third-order valence-electron chi connectivity index (χ3n) is 6.11. The number of nitrogens with one attached hydrogen (secondary N) is 1. The largest absolute Gasteiger partial charge is 0.497 e. The van der Waals surface area contributed by atoms with Crippen molar-refractivity contribution in [1.82, 2.24) is 24.5 Å². The van der Waals surface area contributed by atoms with Crippen LogP contribution in [0.5, 0.6) is 5.75 Å². The van der Waals surface area contributed by atoms with Crippen LogP contribution in [0.4, 0.5) is 4.79 Å². The van der Waals surface area contributed by atoms with Gasteiger partial charge in [0.25, 0.3) is 0 Å². The van der Waals surface area contributed by atoms with Gasteiger partial charge in [-0.25, -0.2) is 9.78 Å². The second-order valence-corrected chi connectivity index (χ2v) is 10.8. The number of piperazine rings is 1. The average Bonchev–Trinajstić information content (AvgIpc) is 3.35. The number of nitrogens with zero attached hydrogens (tertiary/aromatic N) is 4. The SMILES string of the molecule is COc1ccc2c(c1)sc1nc(-c3ccccc3)c(CN3CCN(C(=O)NC(C)(C)C)CC3)n12. The maximum absolute atomic E-state index is 12.6. The molecular formula is C26H31N5O2S. The number of carbonyl (C=O) groups is 1. The van der Waals surface area contributed by atoms with Crippen LogP contribution in [-0.2, 0) is 6.54 Å². The van der Waals surface area contributed by atoms with Crippen LogP contribution in [0.3, 0.4) is 0 Å². The van der Waals surface area contributed by atoms with E-state index in [1.807, 2.05) is 37.8 Å². The number of imidazole rings is 1. The maximum atomic E-state index is 12.6. The van der Waals surface area contributed by atoms with Crippen LogP contribution in [0.25, 0.3) is 26.4 Å². The van der Waals surface area contributed by atoms with Crippen molar-refractivity contribution in [1.29, 1.82) is 0 Å². The molecule has 0 aliphatic carbocycles.